The molecule has 1 amide bonds. The van der Waals surface area contributed by atoms with E-state index in [-0.39, 0.29) is 24.6 Å². The Labute approximate surface area is 253 Å². The van der Waals surface area contributed by atoms with E-state index in [1.807, 2.05) is 25.1 Å². The number of nitrogens with one attached hydrogen (secondary N) is 1. The molecule has 3 saturated heterocycles. The monoisotopic (exact) mass is 616 g/mol. The first-order chi connectivity index (χ1) is 20.4. The summed E-state index contributed by atoms with van der Waals surface area (Å²) >= 11 is 0. The van der Waals surface area contributed by atoms with Gasteiger partial charge in [0.2, 0.25) is 5.91 Å². The Bertz CT molecular complexity index is 1370. The second kappa shape index (κ2) is 12.7. The maximum atomic E-state index is 13.1. The van der Waals surface area contributed by atoms with Crippen LogP contribution in [0.3, 0.4) is 0 Å². The van der Waals surface area contributed by atoms with Crippen molar-refractivity contribution in [1.29, 1.82) is 0 Å². The molecule has 1 unspecified atom stereocenters. The summed E-state index contributed by atoms with van der Waals surface area (Å²) in [7, 11) is -1.51. The number of fused-ring (bicyclic) bond motifs is 1. The van der Waals surface area contributed by atoms with Crippen molar-refractivity contribution in [2.45, 2.75) is 97.0 Å². The third-order valence-corrected chi connectivity index (χ3v) is 9.91. The highest BCUT2D eigenvalue weighted by Crippen LogP contribution is 2.64. The molecule has 5 rings (SSSR count). The van der Waals surface area contributed by atoms with E-state index in [0.717, 1.165) is 24.9 Å². The molecule has 4 heterocycles. The Hall–Kier alpha value is -2.73. The first-order valence-electron chi connectivity index (χ1n) is 14.7. The smallest absolute Gasteiger partial charge is 0.351 e. The maximum absolute atomic E-state index is 13.1. The number of rotatable bonds is 9. The minimum absolute atomic E-state index is 0.131. The number of anilines is 1. The lowest BCUT2D eigenvalue weighted by atomic mass is 9.87. The van der Waals surface area contributed by atoms with Gasteiger partial charge in [0.15, 0.2) is 13.0 Å². The van der Waals surface area contributed by atoms with Gasteiger partial charge in [0, 0.05) is 19.7 Å². The van der Waals surface area contributed by atoms with Crippen molar-refractivity contribution in [3.8, 4) is 0 Å². The summed E-state index contributed by atoms with van der Waals surface area (Å²) in [5.41, 5.74) is -0.814. The van der Waals surface area contributed by atoms with Crippen molar-refractivity contribution in [2.75, 3.05) is 18.7 Å². The van der Waals surface area contributed by atoms with Gasteiger partial charge in [0.05, 0.1) is 17.6 Å². The standard InChI is InChI=1S/C30H41N4O8P/c1-7-21-24(41-43-34-16-11-14-22(34)30(6,42-43)20-12-9-8-10-13-20)25(38-18-39-27(36)29(3,4)5)26(40-21)33-17-15-23(31-19(2)35)32-28(33)37/h8-10,12-13,15,17,21-22,24-26H,7,11,14,16,18H2,1-6H3,(H,31,32,35,37)/t21-,22+,24?,25+,26-,30-,43+/m1/s1. The summed E-state index contributed by atoms with van der Waals surface area (Å²) in [6.07, 6.45) is 1.22. The average Bonchev–Trinajstić information content (AvgIpc) is 3.64. The molecule has 0 spiro atoms. The highest BCUT2D eigenvalue weighted by atomic mass is 31.2. The Kier molecular flexibility index (Phi) is 9.37. The number of carbonyl (C=O) groups is 2. The van der Waals surface area contributed by atoms with Crippen LogP contribution in [0.25, 0.3) is 0 Å². The molecular weight excluding hydrogens is 575 g/mol. The van der Waals surface area contributed by atoms with Crippen molar-refractivity contribution in [3.05, 3.63) is 58.6 Å². The molecule has 2 aromatic rings. The van der Waals surface area contributed by atoms with E-state index >= 15 is 0 Å². The van der Waals surface area contributed by atoms with Gasteiger partial charge in [0.25, 0.3) is 8.53 Å². The van der Waals surface area contributed by atoms with E-state index in [0.29, 0.717) is 6.42 Å². The number of hydrogen-bond donors (Lipinski definition) is 1. The highest BCUT2D eigenvalue weighted by molar-refractivity contribution is 7.45. The topological polar surface area (TPSA) is 130 Å². The molecule has 0 bridgehead atoms. The van der Waals surface area contributed by atoms with E-state index in [9.17, 15) is 14.4 Å². The zero-order valence-corrected chi connectivity index (χ0v) is 26.4. The quantitative estimate of drug-likeness (QED) is 0.245. The first kappa shape index (κ1) is 31.7. The predicted molar refractivity (Wildman–Crippen MR) is 159 cm³/mol. The van der Waals surface area contributed by atoms with Gasteiger partial charge in [-0.3, -0.25) is 14.2 Å². The minimum atomic E-state index is -1.51. The number of carbonyl (C=O) groups excluding carboxylic acids is 2. The molecule has 7 atom stereocenters. The molecule has 3 aliphatic heterocycles. The summed E-state index contributed by atoms with van der Waals surface area (Å²) in [6, 6.07) is 11.8. The Balaban J connectivity index is 1.43. The van der Waals surface area contributed by atoms with Gasteiger partial charge in [-0.05, 0) is 58.6 Å². The first-order valence-corrected chi connectivity index (χ1v) is 15.8. The molecule has 0 saturated carbocycles. The van der Waals surface area contributed by atoms with E-state index < -0.39 is 55.7 Å². The molecule has 3 fully saturated rings. The maximum Gasteiger partial charge on any atom is 0.351 e. The Morgan fingerprint density at radius 1 is 1.19 bits per heavy atom. The van der Waals surface area contributed by atoms with Crippen molar-refractivity contribution in [3.63, 3.8) is 0 Å². The zero-order chi connectivity index (χ0) is 30.9. The molecular formula is C30H41N4O8P. The number of aromatic nitrogens is 2. The molecule has 1 N–H and O–H groups in total. The fourth-order valence-corrected chi connectivity index (χ4v) is 7.94. The third-order valence-electron chi connectivity index (χ3n) is 8.06. The summed E-state index contributed by atoms with van der Waals surface area (Å²) < 4.78 is 35.2. The molecule has 1 aromatic carbocycles. The average molecular weight is 617 g/mol. The molecule has 43 heavy (non-hydrogen) atoms. The Morgan fingerprint density at radius 3 is 2.58 bits per heavy atom. The van der Waals surface area contributed by atoms with E-state index in [2.05, 4.69) is 34.0 Å². The normalized spacial score (nSPS) is 30.7. The second-order valence-corrected chi connectivity index (χ2v) is 13.7. The number of ether oxygens (including phenoxy) is 3. The van der Waals surface area contributed by atoms with Crippen LogP contribution in [0, 0.1) is 5.41 Å². The second-order valence-electron chi connectivity index (χ2n) is 12.3. The molecule has 0 radical (unpaired) electrons. The lowest BCUT2D eigenvalue weighted by Crippen LogP contribution is -2.40. The van der Waals surface area contributed by atoms with Gasteiger partial charge in [-0.1, -0.05) is 37.3 Å². The van der Waals surface area contributed by atoms with Crippen LogP contribution in [-0.2, 0) is 38.4 Å². The van der Waals surface area contributed by atoms with Crippen molar-refractivity contribution < 1.29 is 32.8 Å². The van der Waals surface area contributed by atoms with E-state index in [1.54, 1.807) is 20.8 Å². The SMILES string of the molecule is CC[C@H]1O[C@@H](n2ccc(NC(C)=O)nc2=O)[C@@H](OCOC(=O)C(C)(C)C)C1O[P@@]1O[C@](C)(c2ccccc2)[C@@H]2CCCN21. The summed E-state index contributed by atoms with van der Waals surface area (Å²) in [6.45, 7) is 11.2. The van der Waals surface area contributed by atoms with Crippen LogP contribution in [0.2, 0.25) is 0 Å². The molecule has 12 nitrogen and oxygen atoms in total. The van der Waals surface area contributed by atoms with Gasteiger partial charge in [0.1, 0.15) is 23.6 Å². The van der Waals surface area contributed by atoms with Crippen molar-refractivity contribution in [2.24, 2.45) is 5.41 Å². The van der Waals surface area contributed by atoms with E-state index in [4.69, 9.17) is 23.3 Å². The minimum Gasteiger partial charge on any atom is -0.438 e. The molecule has 13 heteroatoms. The van der Waals surface area contributed by atoms with Crippen LogP contribution >= 0.6 is 8.53 Å². The zero-order valence-electron chi connectivity index (χ0n) is 25.5. The predicted octanol–water partition coefficient (Wildman–Crippen LogP) is 4.46. The number of amides is 1. The Morgan fingerprint density at radius 2 is 1.93 bits per heavy atom. The summed E-state index contributed by atoms with van der Waals surface area (Å²) in [5, 5.41) is 2.52. The van der Waals surface area contributed by atoms with Crippen LogP contribution in [0.4, 0.5) is 5.82 Å². The largest absolute Gasteiger partial charge is 0.438 e. The number of esters is 1. The lowest BCUT2D eigenvalue weighted by Gasteiger charge is -2.30. The number of hydrogen-bond acceptors (Lipinski definition) is 10. The van der Waals surface area contributed by atoms with Crippen molar-refractivity contribution >= 4 is 26.2 Å². The van der Waals surface area contributed by atoms with Crippen molar-refractivity contribution in [1.82, 2.24) is 14.2 Å². The van der Waals surface area contributed by atoms with Crippen LogP contribution in [0.15, 0.2) is 47.4 Å². The van der Waals surface area contributed by atoms with Gasteiger partial charge in [-0.25, -0.2) is 9.46 Å². The fourth-order valence-electron chi connectivity index (χ4n) is 5.79. The molecule has 3 aliphatic rings. The number of benzene rings is 1. The van der Waals surface area contributed by atoms with Gasteiger partial charge in [-0.15, -0.1) is 0 Å². The summed E-state index contributed by atoms with van der Waals surface area (Å²) in [5.74, 6) is -0.635. The molecule has 1 aromatic heterocycles. The summed E-state index contributed by atoms with van der Waals surface area (Å²) in [4.78, 5) is 41.1. The van der Waals surface area contributed by atoms with Crippen LogP contribution in [0.1, 0.15) is 72.6 Å². The van der Waals surface area contributed by atoms with E-state index in [1.165, 1.54) is 23.8 Å². The fraction of sp³-hybridized carbons (Fsp3) is 0.600. The molecule has 234 valence electrons. The van der Waals surface area contributed by atoms with Crippen LogP contribution < -0.4 is 11.0 Å². The lowest BCUT2D eigenvalue weighted by molar-refractivity contribution is -0.178. The number of nitrogens with zero attached hydrogens (tertiary/aromatic N) is 3. The van der Waals surface area contributed by atoms with Gasteiger partial charge >= 0.3 is 11.7 Å². The van der Waals surface area contributed by atoms with Crippen LogP contribution in [-0.4, -0.2) is 63.8 Å². The highest BCUT2D eigenvalue weighted by Gasteiger charge is 2.57. The van der Waals surface area contributed by atoms with Gasteiger partial charge < -0.3 is 28.6 Å². The third kappa shape index (κ3) is 6.55. The van der Waals surface area contributed by atoms with Crippen LogP contribution in [0.5, 0.6) is 0 Å². The van der Waals surface area contributed by atoms with Gasteiger partial charge in [-0.2, -0.15) is 4.98 Å². The molecule has 0 aliphatic carbocycles.